The van der Waals surface area contributed by atoms with Gasteiger partial charge in [0, 0.05) is 6.92 Å². The molecule has 1 aromatic heterocycles. The third-order valence-corrected chi connectivity index (χ3v) is 2.56. The van der Waals surface area contributed by atoms with E-state index in [2.05, 4.69) is 9.98 Å². The summed E-state index contributed by atoms with van der Waals surface area (Å²) in [4.78, 5) is 8.69. The summed E-state index contributed by atoms with van der Waals surface area (Å²) in [5.74, 6) is 0.992. The van der Waals surface area contributed by atoms with Crippen LogP contribution >= 0.6 is 0 Å². The van der Waals surface area contributed by atoms with Crippen LogP contribution in [0.4, 0.5) is 5.95 Å². The first-order chi connectivity index (χ1) is 8.63. The highest BCUT2D eigenvalue weighted by molar-refractivity contribution is 5.81. The van der Waals surface area contributed by atoms with Crippen LogP contribution in [0.5, 0.6) is 0 Å². The van der Waals surface area contributed by atoms with E-state index in [-0.39, 0.29) is 0 Å². The molecule has 0 aliphatic rings. The number of hydrogen-bond donors (Lipinski definition) is 1. The first-order valence-electron chi connectivity index (χ1n) is 5.96. The summed E-state index contributed by atoms with van der Waals surface area (Å²) >= 11 is 0. The molecule has 0 saturated carbocycles. The molecule has 0 saturated heterocycles. The Morgan fingerprint density at radius 3 is 2.89 bits per heavy atom. The van der Waals surface area contributed by atoms with Gasteiger partial charge in [0.25, 0.3) is 0 Å². The molecule has 2 rings (SSSR count). The SMILES string of the molecule is CCO/C(C)=N\c1nc2ccccc2n1C(C)O. The zero-order valence-corrected chi connectivity index (χ0v) is 10.8. The number of aliphatic hydroxyl groups is 1. The lowest BCUT2D eigenvalue weighted by atomic mass is 10.3. The predicted octanol–water partition coefficient (Wildman–Crippen LogP) is 2.63. The molecule has 18 heavy (non-hydrogen) atoms. The average Bonchev–Trinajstić information content (AvgIpc) is 2.66. The number of aliphatic hydroxyl groups excluding tert-OH is 1. The second-order valence-electron chi connectivity index (χ2n) is 3.97. The van der Waals surface area contributed by atoms with Crippen molar-refractivity contribution < 1.29 is 9.84 Å². The molecule has 1 N–H and O–H groups in total. The standard InChI is InChI=1S/C13H17N3O2/c1-4-18-9(2)14-13-15-11-7-5-6-8-12(11)16(13)10(3)17/h5-8,10,17H,4H2,1-3H3/b14-9-. The first-order valence-corrected chi connectivity index (χ1v) is 5.96. The fraction of sp³-hybridized carbons (Fsp3) is 0.385. The van der Waals surface area contributed by atoms with E-state index in [1.54, 1.807) is 18.4 Å². The van der Waals surface area contributed by atoms with Crippen molar-refractivity contribution in [1.82, 2.24) is 9.55 Å². The second-order valence-corrected chi connectivity index (χ2v) is 3.97. The molecule has 1 unspecified atom stereocenters. The molecule has 1 aromatic carbocycles. The first kappa shape index (κ1) is 12.6. The lowest BCUT2D eigenvalue weighted by Crippen LogP contribution is -2.05. The zero-order chi connectivity index (χ0) is 13.1. The van der Waals surface area contributed by atoms with Gasteiger partial charge in [0.05, 0.1) is 17.6 Å². The maximum atomic E-state index is 9.85. The van der Waals surface area contributed by atoms with Gasteiger partial charge in [-0.2, -0.15) is 4.99 Å². The molecule has 0 fully saturated rings. The third kappa shape index (κ3) is 2.36. The molecule has 0 amide bonds. The zero-order valence-electron chi connectivity index (χ0n) is 10.8. The van der Waals surface area contributed by atoms with Crippen LogP contribution in [0.15, 0.2) is 29.3 Å². The summed E-state index contributed by atoms with van der Waals surface area (Å²) in [6.07, 6.45) is -0.689. The number of aliphatic imine (C=N–C) groups is 1. The minimum absolute atomic E-state index is 0.456. The minimum Gasteiger partial charge on any atom is -0.481 e. The van der Waals surface area contributed by atoms with Crippen molar-refractivity contribution in [1.29, 1.82) is 0 Å². The molecular weight excluding hydrogens is 230 g/mol. The summed E-state index contributed by atoms with van der Waals surface area (Å²) in [6.45, 7) is 5.92. The number of nitrogens with zero attached hydrogens (tertiary/aromatic N) is 3. The Balaban J connectivity index is 2.56. The number of para-hydroxylation sites is 2. The molecule has 5 heteroatoms. The van der Waals surface area contributed by atoms with Crippen LogP contribution in [0.25, 0.3) is 11.0 Å². The predicted molar refractivity (Wildman–Crippen MR) is 71.1 cm³/mol. The third-order valence-electron chi connectivity index (χ3n) is 2.56. The molecule has 0 bridgehead atoms. The molecule has 1 heterocycles. The van der Waals surface area contributed by atoms with Crippen molar-refractivity contribution in [2.24, 2.45) is 4.99 Å². The Labute approximate surface area is 106 Å². The van der Waals surface area contributed by atoms with Crippen molar-refractivity contribution >= 4 is 22.9 Å². The van der Waals surface area contributed by atoms with Crippen LogP contribution in [0.1, 0.15) is 27.0 Å². The van der Waals surface area contributed by atoms with Crippen LogP contribution in [-0.2, 0) is 4.74 Å². The molecule has 0 radical (unpaired) electrons. The van der Waals surface area contributed by atoms with Gasteiger partial charge < -0.3 is 9.84 Å². The quantitative estimate of drug-likeness (QED) is 0.670. The Hall–Kier alpha value is -1.88. The van der Waals surface area contributed by atoms with E-state index in [0.29, 0.717) is 18.5 Å². The van der Waals surface area contributed by atoms with Crippen molar-refractivity contribution in [3.63, 3.8) is 0 Å². The van der Waals surface area contributed by atoms with E-state index in [1.807, 2.05) is 31.2 Å². The van der Waals surface area contributed by atoms with E-state index in [9.17, 15) is 5.11 Å². The summed E-state index contributed by atoms with van der Waals surface area (Å²) in [7, 11) is 0. The summed E-state index contributed by atoms with van der Waals surface area (Å²) in [6, 6.07) is 7.61. The number of rotatable bonds is 3. The van der Waals surface area contributed by atoms with Gasteiger partial charge in [0.1, 0.15) is 6.23 Å². The lowest BCUT2D eigenvalue weighted by Gasteiger charge is -2.09. The van der Waals surface area contributed by atoms with E-state index in [4.69, 9.17) is 4.74 Å². The monoisotopic (exact) mass is 247 g/mol. The smallest absolute Gasteiger partial charge is 0.235 e. The van der Waals surface area contributed by atoms with Crippen molar-refractivity contribution in [3.05, 3.63) is 24.3 Å². The van der Waals surface area contributed by atoms with Crippen LogP contribution < -0.4 is 0 Å². The molecule has 0 aliphatic carbocycles. The van der Waals surface area contributed by atoms with Gasteiger partial charge in [-0.05, 0) is 26.0 Å². The van der Waals surface area contributed by atoms with Crippen molar-refractivity contribution in [2.75, 3.05) is 6.61 Å². The van der Waals surface area contributed by atoms with E-state index in [1.165, 1.54) is 0 Å². The largest absolute Gasteiger partial charge is 0.481 e. The van der Waals surface area contributed by atoms with Crippen LogP contribution in [0.2, 0.25) is 0 Å². The number of benzene rings is 1. The molecule has 2 aromatic rings. The topological polar surface area (TPSA) is 59.6 Å². The molecule has 1 atom stereocenters. The van der Waals surface area contributed by atoms with Gasteiger partial charge in [-0.3, -0.25) is 4.57 Å². The highest BCUT2D eigenvalue weighted by Crippen LogP contribution is 2.25. The fourth-order valence-electron chi connectivity index (χ4n) is 1.86. The molecule has 5 nitrogen and oxygen atoms in total. The molecule has 96 valence electrons. The number of imidazole rings is 1. The highest BCUT2D eigenvalue weighted by atomic mass is 16.5. The van der Waals surface area contributed by atoms with E-state index < -0.39 is 6.23 Å². The van der Waals surface area contributed by atoms with Gasteiger partial charge in [0.2, 0.25) is 5.95 Å². The molecular formula is C13H17N3O2. The minimum atomic E-state index is -0.689. The highest BCUT2D eigenvalue weighted by Gasteiger charge is 2.13. The average molecular weight is 247 g/mol. The Bertz CT molecular complexity index is 573. The van der Waals surface area contributed by atoms with Gasteiger partial charge in [-0.15, -0.1) is 0 Å². The van der Waals surface area contributed by atoms with Crippen molar-refractivity contribution in [3.8, 4) is 0 Å². The Morgan fingerprint density at radius 1 is 1.50 bits per heavy atom. The number of fused-ring (bicyclic) bond motifs is 1. The summed E-state index contributed by atoms with van der Waals surface area (Å²) in [5.41, 5.74) is 1.66. The van der Waals surface area contributed by atoms with Gasteiger partial charge in [0.15, 0.2) is 5.90 Å². The molecule has 0 aliphatic heterocycles. The maximum absolute atomic E-state index is 9.85. The summed E-state index contributed by atoms with van der Waals surface area (Å²) in [5, 5.41) is 9.85. The van der Waals surface area contributed by atoms with E-state index >= 15 is 0 Å². The van der Waals surface area contributed by atoms with Crippen LogP contribution in [0, 0.1) is 0 Å². The van der Waals surface area contributed by atoms with E-state index in [0.717, 1.165) is 11.0 Å². The Kier molecular flexibility index (Phi) is 3.62. The summed E-state index contributed by atoms with van der Waals surface area (Å²) < 4.78 is 6.97. The van der Waals surface area contributed by atoms with Crippen LogP contribution in [0.3, 0.4) is 0 Å². The number of hydrogen-bond acceptors (Lipinski definition) is 4. The Morgan fingerprint density at radius 2 is 2.22 bits per heavy atom. The second kappa shape index (κ2) is 5.18. The van der Waals surface area contributed by atoms with Crippen LogP contribution in [-0.4, -0.2) is 27.2 Å². The maximum Gasteiger partial charge on any atom is 0.235 e. The number of ether oxygens (including phenoxy) is 1. The fourth-order valence-corrected chi connectivity index (χ4v) is 1.86. The number of aromatic nitrogens is 2. The normalized spacial score (nSPS) is 13.9. The van der Waals surface area contributed by atoms with Gasteiger partial charge in [-0.1, -0.05) is 12.1 Å². The molecule has 0 spiro atoms. The van der Waals surface area contributed by atoms with Crippen molar-refractivity contribution in [2.45, 2.75) is 27.0 Å². The van der Waals surface area contributed by atoms with Gasteiger partial charge >= 0.3 is 0 Å². The van der Waals surface area contributed by atoms with Gasteiger partial charge in [-0.25, -0.2) is 4.98 Å². The lowest BCUT2D eigenvalue weighted by molar-refractivity contribution is 0.130.